The average Bonchev–Trinajstić information content (AvgIpc) is 2.36. The van der Waals surface area contributed by atoms with Crippen molar-refractivity contribution in [3.63, 3.8) is 0 Å². The molecule has 0 unspecified atom stereocenters. The van der Waals surface area contributed by atoms with Crippen molar-refractivity contribution in [3.05, 3.63) is 34.9 Å². The Morgan fingerprint density at radius 3 is 2.53 bits per heavy atom. The van der Waals surface area contributed by atoms with Gasteiger partial charge in [-0.05, 0) is 68.1 Å². The third-order valence-electron chi connectivity index (χ3n) is 3.31. The molecule has 1 rings (SSSR count). The van der Waals surface area contributed by atoms with Crippen molar-refractivity contribution in [1.29, 1.82) is 0 Å². The van der Waals surface area contributed by atoms with Crippen molar-refractivity contribution in [2.24, 2.45) is 0 Å². The first-order chi connectivity index (χ1) is 8.95. The zero-order valence-electron chi connectivity index (χ0n) is 13.1. The van der Waals surface area contributed by atoms with Crippen LogP contribution in [-0.2, 0) is 0 Å². The van der Waals surface area contributed by atoms with Crippen LogP contribution in [0.2, 0.25) is 0 Å². The van der Waals surface area contributed by atoms with Crippen LogP contribution in [0.25, 0.3) is 5.57 Å². The minimum absolute atomic E-state index is 0.554. The van der Waals surface area contributed by atoms with Crippen LogP contribution in [-0.4, -0.2) is 19.7 Å². The number of hydrogen-bond donors (Lipinski definition) is 1. The second-order valence-corrected chi connectivity index (χ2v) is 5.42. The molecule has 19 heavy (non-hydrogen) atoms. The fourth-order valence-corrected chi connectivity index (χ4v) is 2.21. The third-order valence-corrected chi connectivity index (χ3v) is 3.31. The first-order valence-corrected chi connectivity index (χ1v) is 7.01. The SMILES string of the molecule is COc1cc(C)c(/C(C)=C/CCNC(C)C)cc1C. The van der Waals surface area contributed by atoms with Crippen LogP contribution < -0.4 is 10.1 Å². The van der Waals surface area contributed by atoms with Gasteiger partial charge in [0.1, 0.15) is 5.75 Å². The summed E-state index contributed by atoms with van der Waals surface area (Å²) in [6.45, 7) is 11.8. The summed E-state index contributed by atoms with van der Waals surface area (Å²) in [5, 5.41) is 3.43. The Bertz CT molecular complexity index is 447. The number of methoxy groups -OCH3 is 1. The van der Waals surface area contributed by atoms with E-state index in [0.717, 1.165) is 18.7 Å². The fraction of sp³-hybridized carbons (Fsp3) is 0.529. The number of rotatable bonds is 6. The summed E-state index contributed by atoms with van der Waals surface area (Å²) >= 11 is 0. The molecule has 0 bridgehead atoms. The number of nitrogens with one attached hydrogen (secondary N) is 1. The van der Waals surface area contributed by atoms with Crippen molar-refractivity contribution in [2.75, 3.05) is 13.7 Å². The molecule has 0 saturated carbocycles. The van der Waals surface area contributed by atoms with Gasteiger partial charge in [0, 0.05) is 6.04 Å². The van der Waals surface area contributed by atoms with E-state index in [1.165, 1.54) is 22.3 Å². The molecule has 0 aliphatic carbocycles. The molecule has 0 radical (unpaired) electrons. The maximum absolute atomic E-state index is 5.36. The molecule has 0 aromatic heterocycles. The van der Waals surface area contributed by atoms with Crippen LogP contribution in [0.5, 0.6) is 5.75 Å². The fourth-order valence-electron chi connectivity index (χ4n) is 2.21. The van der Waals surface area contributed by atoms with Gasteiger partial charge in [-0.2, -0.15) is 0 Å². The number of benzene rings is 1. The highest BCUT2D eigenvalue weighted by atomic mass is 16.5. The summed E-state index contributed by atoms with van der Waals surface area (Å²) < 4.78 is 5.36. The molecule has 0 atom stereocenters. The van der Waals surface area contributed by atoms with Gasteiger partial charge < -0.3 is 10.1 Å². The minimum Gasteiger partial charge on any atom is -0.496 e. The molecule has 1 aromatic carbocycles. The molecule has 0 amide bonds. The maximum atomic E-state index is 5.36. The van der Waals surface area contributed by atoms with E-state index in [1.807, 2.05) is 0 Å². The summed E-state index contributed by atoms with van der Waals surface area (Å²) in [6.07, 6.45) is 3.37. The van der Waals surface area contributed by atoms with Gasteiger partial charge in [-0.25, -0.2) is 0 Å². The smallest absolute Gasteiger partial charge is 0.122 e. The normalized spacial score (nSPS) is 12.1. The lowest BCUT2D eigenvalue weighted by Gasteiger charge is -2.12. The van der Waals surface area contributed by atoms with Crippen molar-refractivity contribution in [1.82, 2.24) is 5.32 Å². The predicted octanol–water partition coefficient (Wildman–Crippen LogP) is 4.10. The van der Waals surface area contributed by atoms with Crippen molar-refractivity contribution < 1.29 is 4.74 Å². The highest BCUT2D eigenvalue weighted by Crippen LogP contribution is 2.27. The van der Waals surface area contributed by atoms with E-state index < -0.39 is 0 Å². The molecule has 1 aromatic rings. The summed E-state index contributed by atoms with van der Waals surface area (Å²) in [6, 6.07) is 4.89. The number of ether oxygens (including phenoxy) is 1. The van der Waals surface area contributed by atoms with Gasteiger partial charge in [-0.15, -0.1) is 0 Å². The van der Waals surface area contributed by atoms with Crippen LogP contribution >= 0.6 is 0 Å². The summed E-state index contributed by atoms with van der Waals surface area (Å²) in [4.78, 5) is 0. The third kappa shape index (κ3) is 4.71. The van der Waals surface area contributed by atoms with Crippen molar-refractivity contribution >= 4 is 5.57 Å². The Kier molecular flexibility index (Phi) is 6.10. The van der Waals surface area contributed by atoms with E-state index >= 15 is 0 Å². The molecular weight excluding hydrogens is 234 g/mol. The highest BCUT2D eigenvalue weighted by Gasteiger charge is 2.06. The standard InChI is InChI=1S/C17H27NO/c1-12(2)18-9-7-8-13(3)16-10-15(5)17(19-6)11-14(16)4/h8,10-12,18H,7,9H2,1-6H3/b13-8+. The molecule has 0 aliphatic rings. The van der Waals surface area contributed by atoms with Crippen molar-refractivity contribution in [2.45, 2.75) is 47.1 Å². The molecule has 0 spiro atoms. The Labute approximate surface area is 117 Å². The molecule has 2 heteroatoms. The topological polar surface area (TPSA) is 21.3 Å². The first-order valence-electron chi connectivity index (χ1n) is 7.01. The molecular formula is C17H27NO. The Balaban J connectivity index is 2.79. The Morgan fingerprint density at radius 1 is 1.26 bits per heavy atom. The van der Waals surface area contributed by atoms with Gasteiger partial charge in [0.2, 0.25) is 0 Å². The van der Waals surface area contributed by atoms with E-state index in [9.17, 15) is 0 Å². The van der Waals surface area contributed by atoms with Gasteiger partial charge >= 0.3 is 0 Å². The van der Waals surface area contributed by atoms with Gasteiger partial charge in [-0.1, -0.05) is 19.9 Å². The Morgan fingerprint density at radius 2 is 1.95 bits per heavy atom. The quantitative estimate of drug-likeness (QED) is 0.778. The lowest BCUT2D eigenvalue weighted by molar-refractivity contribution is 0.411. The lowest BCUT2D eigenvalue weighted by atomic mass is 9.98. The molecule has 0 heterocycles. The van der Waals surface area contributed by atoms with E-state index in [2.05, 4.69) is 58.1 Å². The van der Waals surface area contributed by atoms with Crippen LogP contribution in [0.4, 0.5) is 0 Å². The highest BCUT2D eigenvalue weighted by molar-refractivity contribution is 5.68. The molecule has 0 saturated heterocycles. The second kappa shape index (κ2) is 7.34. The van der Waals surface area contributed by atoms with Crippen LogP contribution in [0.1, 0.15) is 43.9 Å². The maximum Gasteiger partial charge on any atom is 0.122 e. The lowest BCUT2D eigenvalue weighted by Crippen LogP contribution is -2.23. The number of allylic oxidation sites excluding steroid dienone is 1. The molecule has 0 fully saturated rings. The minimum atomic E-state index is 0.554. The number of aryl methyl sites for hydroxylation is 2. The van der Waals surface area contributed by atoms with E-state index in [0.29, 0.717) is 6.04 Å². The van der Waals surface area contributed by atoms with Crippen LogP contribution in [0, 0.1) is 13.8 Å². The monoisotopic (exact) mass is 261 g/mol. The summed E-state index contributed by atoms with van der Waals surface area (Å²) in [5.41, 5.74) is 5.13. The van der Waals surface area contributed by atoms with Gasteiger partial charge in [0.05, 0.1) is 7.11 Å². The van der Waals surface area contributed by atoms with E-state index in [-0.39, 0.29) is 0 Å². The van der Waals surface area contributed by atoms with Crippen LogP contribution in [0.15, 0.2) is 18.2 Å². The zero-order chi connectivity index (χ0) is 14.4. The number of hydrogen-bond acceptors (Lipinski definition) is 2. The second-order valence-electron chi connectivity index (χ2n) is 5.42. The molecule has 2 nitrogen and oxygen atoms in total. The average molecular weight is 261 g/mol. The molecule has 106 valence electrons. The largest absolute Gasteiger partial charge is 0.496 e. The Hall–Kier alpha value is -1.28. The van der Waals surface area contributed by atoms with Gasteiger partial charge in [0.15, 0.2) is 0 Å². The summed E-state index contributed by atoms with van der Waals surface area (Å²) in [5.74, 6) is 0.968. The van der Waals surface area contributed by atoms with Crippen LogP contribution in [0.3, 0.4) is 0 Å². The van der Waals surface area contributed by atoms with E-state index in [1.54, 1.807) is 7.11 Å². The predicted molar refractivity (Wildman–Crippen MR) is 83.9 cm³/mol. The van der Waals surface area contributed by atoms with Gasteiger partial charge in [0.25, 0.3) is 0 Å². The first kappa shape index (κ1) is 15.8. The summed E-state index contributed by atoms with van der Waals surface area (Å²) in [7, 11) is 1.72. The van der Waals surface area contributed by atoms with E-state index in [4.69, 9.17) is 4.74 Å². The molecule has 0 aliphatic heterocycles. The van der Waals surface area contributed by atoms with Gasteiger partial charge in [-0.3, -0.25) is 0 Å². The zero-order valence-corrected chi connectivity index (χ0v) is 13.1. The van der Waals surface area contributed by atoms with Crippen molar-refractivity contribution in [3.8, 4) is 5.75 Å². The molecule has 1 N–H and O–H groups in total.